The Morgan fingerprint density at radius 3 is 2.44 bits per heavy atom. The number of ether oxygens (including phenoxy) is 2. The number of halogens is 1. The Bertz CT molecular complexity index is 437. The van der Waals surface area contributed by atoms with Gasteiger partial charge in [-0.3, -0.25) is 9.79 Å². The summed E-state index contributed by atoms with van der Waals surface area (Å²) in [7, 11) is 1.72. The number of methoxy groups -OCH3 is 1. The number of rotatable bonds is 9. The summed E-state index contributed by atoms with van der Waals surface area (Å²) in [4.78, 5) is 21.1. The number of carbonyl (C=O) groups is 1. The third-order valence-corrected chi connectivity index (χ3v) is 4.97. The minimum Gasteiger partial charge on any atom is -0.385 e. The van der Waals surface area contributed by atoms with Gasteiger partial charge in [0.2, 0.25) is 5.91 Å². The van der Waals surface area contributed by atoms with Crippen LogP contribution in [0.1, 0.15) is 45.4 Å². The summed E-state index contributed by atoms with van der Waals surface area (Å²) in [5.41, 5.74) is 0. The van der Waals surface area contributed by atoms with E-state index in [4.69, 9.17) is 9.47 Å². The second-order valence-electron chi connectivity index (χ2n) is 6.98. The average Bonchev–Trinajstić information content (AvgIpc) is 3.20. The minimum absolute atomic E-state index is 0. The number of hydrogen-bond acceptors (Lipinski definition) is 4. The van der Waals surface area contributed by atoms with Crippen molar-refractivity contribution in [3.63, 3.8) is 0 Å². The third kappa shape index (κ3) is 8.95. The van der Waals surface area contributed by atoms with Crippen molar-refractivity contribution in [3.8, 4) is 0 Å². The maximum absolute atomic E-state index is 12.1. The van der Waals surface area contributed by atoms with Crippen molar-refractivity contribution in [1.29, 1.82) is 0 Å². The van der Waals surface area contributed by atoms with E-state index < -0.39 is 0 Å². The predicted octanol–water partition coefficient (Wildman–Crippen LogP) is 2.10. The summed E-state index contributed by atoms with van der Waals surface area (Å²) >= 11 is 0. The number of aliphatic imine (C=N–C) groups is 1. The van der Waals surface area contributed by atoms with Crippen LogP contribution in [0.5, 0.6) is 0 Å². The van der Waals surface area contributed by atoms with Crippen LogP contribution in [0.2, 0.25) is 0 Å². The molecular weight excluding hydrogens is 459 g/mol. The lowest BCUT2D eigenvalue weighted by atomic mass is 10.1. The van der Waals surface area contributed by atoms with Gasteiger partial charge in [-0.2, -0.15) is 0 Å². The van der Waals surface area contributed by atoms with E-state index in [0.29, 0.717) is 19.1 Å². The molecule has 2 fully saturated rings. The molecule has 7 nitrogen and oxygen atoms in total. The van der Waals surface area contributed by atoms with Crippen molar-refractivity contribution in [3.05, 3.63) is 0 Å². The Morgan fingerprint density at radius 2 is 1.81 bits per heavy atom. The van der Waals surface area contributed by atoms with Gasteiger partial charge >= 0.3 is 0 Å². The summed E-state index contributed by atoms with van der Waals surface area (Å²) in [5, 5.41) is 3.36. The summed E-state index contributed by atoms with van der Waals surface area (Å²) in [6.07, 6.45) is 6.11. The second-order valence-corrected chi connectivity index (χ2v) is 6.98. The van der Waals surface area contributed by atoms with Crippen molar-refractivity contribution in [2.75, 3.05) is 59.6 Å². The topological polar surface area (TPSA) is 66.4 Å². The van der Waals surface area contributed by atoms with E-state index in [1.807, 2.05) is 4.90 Å². The molecule has 2 rings (SSSR count). The molecule has 158 valence electrons. The molecule has 1 N–H and O–H groups in total. The maximum atomic E-state index is 12.1. The van der Waals surface area contributed by atoms with Crippen molar-refractivity contribution < 1.29 is 14.3 Å². The van der Waals surface area contributed by atoms with E-state index in [1.54, 1.807) is 7.11 Å². The molecule has 0 atom stereocenters. The summed E-state index contributed by atoms with van der Waals surface area (Å²) in [6, 6.07) is 0. The molecule has 2 saturated heterocycles. The SMILES string of the molecule is CCNC(=NCCC(=O)N1CCCC1)N1CCC(OCCCOC)CC1.I. The van der Waals surface area contributed by atoms with Crippen LogP contribution >= 0.6 is 24.0 Å². The number of amides is 1. The van der Waals surface area contributed by atoms with Crippen molar-refractivity contribution in [2.45, 2.75) is 51.6 Å². The van der Waals surface area contributed by atoms with Gasteiger partial charge in [-0.1, -0.05) is 0 Å². The van der Waals surface area contributed by atoms with Crippen LogP contribution in [0.3, 0.4) is 0 Å². The van der Waals surface area contributed by atoms with Gasteiger partial charge in [-0.05, 0) is 39.0 Å². The van der Waals surface area contributed by atoms with Crippen LogP contribution in [-0.2, 0) is 14.3 Å². The largest absolute Gasteiger partial charge is 0.385 e. The first-order valence-corrected chi connectivity index (χ1v) is 10.2. The summed E-state index contributed by atoms with van der Waals surface area (Å²) < 4.78 is 11.0. The highest BCUT2D eigenvalue weighted by Crippen LogP contribution is 2.14. The molecule has 1 amide bonds. The van der Waals surface area contributed by atoms with Gasteiger partial charge in [-0.15, -0.1) is 24.0 Å². The van der Waals surface area contributed by atoms with Crippen molar-refractivity contribution >= 4 is 35.8 Å². The van der Waals surface area contributed by atoms with Gasteiger partial charge in [0.25, 0.3) is 0 Å². The molecule has 0 unspecified atom stereocenters. The van der Waals surface area contributed by atoms with E-state index in [2.05, 4.69) is 22.1 Å². The number of hydrogen-bond donors (Lipinski definition) is 1. The highest BCUT2D eigenvalue weighted by Gasteiger charge is 2.22. The van der Waals surface area contributed by atoms with Crippen LogP contribution in [-0.4, -0.2) is 87.4 Å². The normalized spacial score (nSPS) is 18.5. The fourth-order valence-corrected chi connectivity index (χ4v) is 3.50. The molecule has 8 heteroatoms. The highest BCUT2D eigenvalue weighted by molar-refractivity contribution is 14.0. The number of piperidine rings is 1. The molecule has 27 heavy (non-hydrogen) atoms. The van der Waals surface area contributed by atoms with Crippen molar-refractivity contribution in [1.82, 2.24) is 15.1 Å². The number of guanidine groups is 1. The zero-order chi connectivity index (χ0) is 18.6. The van der Waals surface area contributed by atoms with Crippen LogP contribution in [0.15, 0.2) is 4.99 Å². The van der Waals surface area contributed by atoms with E-state index in [-0.39, 0.29) is 29.9 Å². The lowest BCUT2D eigenvalue weighted by molar-refractivity contribution is -0.129. The Labute approximate surface area is 181 Å². The first-order valence-electron chi connectivity index (χ1n) is 10.2. The van der Waals surface area contributed by atoms with Gasteiger partial charge in [0.15, 0.2) is 5.96 Å². The molecule has 2 aliphatic rings. The first kappa shape index (κ1) is 24.4. The molecule has 0 bridgehead atoms. The summed E-state index contributed by atoms with van der Waals surface area (Å²) in [5.74, 6) is 1.17. The second kappa shape index (κ2) is 14.4. The molecule has 0 aromatic carbocycles. The monoisotopic (exact) mass is 496 g/mol. The maximum Gasteiger partial charge on any atom is 0.224 e. The third-order valence-electron chi connectivity index (χ3n) is 4.97. The number of carbonyl (C=O) groups excluding carboxylic acids is 1. The van der Waals surface area contributed by atoms with Crippen LogP contribution in [0.4, 0.5) is 0 Å². The number of nitrogens with zero attached hydrogens (tertiary/aromatic N) is 3. The average molecular weight is 496 g/mol. The van der Waals surface area contributed by atoms with Gasteiger partial charge in [-0.25, -0.2) is 0 Å². The Hall–Kier alpha value is -0.610. The minimum atomic E-state index is 0. The quantitative estimate of drug-likeness (QED) is 0.229. The molecular formula is C19H37IN4O3. The zero-order valence-corrected chi connectivity index (χ0v) is 19.3. The van der Waals surface area contributed by atoms with E-state index in [9.17, 15) is 4.79 Å². The Morgan fingerprint density at radius 1 is 1.11 bits per heavy atom. The molecule has 0 spiro atoms. The van der Waals surface area contributed by atoms with Crippen LogP contribution in [0, 0.1) is 0 Å². The van der Waals surface area contributed by atoms with Gasteiger partial charge < -0.3 is 24.6 Å². The smallest absolute Gasteiger partial charge is 0.224 e. The predicted molar refractivity (Wildman–Crippen MR) is 119 cm³/mol. The highest BCUT2D eigenvalue weighted by atomic mass is 127. The number of likely N-dealkylation sites (tertiary alicyclic amines) is 2. The lowest BCUT2D eigenvalue weighted by Crippen LogP contribution is -2.47. The van der Waals surface area contributed by atoms with Gasteiger partial charge in [0.05, 0.1) is 12.6 Å². The standard InChI is InChI=1S/C19H36N4O3.HI/c1-3-20-19(21-10-7-18(24)22-11-4-5-12-22)23-13-8-17(9-14-23)26-16-6-15-25-2;/h17H,3-16H2,1-2H3,(H,20,21);1H. The Balaban J connectivity index is 0.00000364. The molecule has 0 aliphatic carbocycles. The van der Waals surface area contributed by atoms with E-state index in [1.165, 1.54) is 0 Å². The lowest BCUT2D eigenvalue weighted by Gasteiger charge is -2.34. The van der Waals surface area contributed by atoms with Crippen molar-refractivity contribution in [2.24, 2.45) is 4.99 Å². The zero-order valence-electron chi connectivity index (χ0n) is 17.0. The van der Waals surface area contributed by atoms with Gasteiger partial charge in [0, 0.05) is 59.5 Å². The number of nitrogens with one attached hydrogen (secondary N) is 1. The van der Waals surface area contributed by atoms with E-state index in [0.717, 1.165) is 84.0 Å². The molecule has 0 saturated carbocycles. The molecule has 0 aromatic rings. The van der Waals surface area contributed by atoms with Crippen LogP contribution in [0.25, 0.3) is 0 Å². The molecule has 2 heterocycles. The fraction of sp³-hybridized carbons (Fsp3) is 0.895. The van der Waals surface area contributed by atoms with Gasteiger partial charge in [0.1, 0.15) is 0 Å². The fourth-order valence-electron chi connectivity index (χ4n) is 3.50. The molecule has 0 radical (unpaired) electrons. The van der Waals surface area contributed by atoms with Crippen LogP contribution < -0.4 is 5.32 Å². The Kier molecular flexibility index (Phi) is 13.0. The molecule has 0 aromatic heterocycles. The molecule has 2 aliphatic heterocycles. The first-order chi connectivity index (χ1) is 12.7. The van der Waals surface area contributed by atoms with E-state index >= 15 is 0 Å². The summed E-state index contributed by atoms with van der Waals surface area (Å²) in [6.45, 7) is 8.73.